The van der Waals surface area contributed by atoms with Crippen LogP contribution in [0.25, 0.3) is 0 Å². The Balaban J connectivity index is 1.47. The topological polar surface area (TPSA) is 128 Å². The van der Waals surface area contributed by atoms with Gasteiger partial charge in [-0.2, -0.15) is 0 Å². The lowest BCUT2D eigenvalue weighted by Gasteiger charge is -2.18. The molecule has 3 aromatic carbocycles. The molecule has 0 radical (unpaired) electrons. The fraction of sp³-hybridized carbons (Fsp3) is 0.160. The number of anilines is 2. The SMILES string of the molecule is Cc1ccc(NS(=O)(=O)c2ccc(Cl)c(C(=O)OCC(=O)c3ccc4c(c3)NC(=O)CO4)c2)cc1C. The van der Waals surface area contributed by atoms with E-state index >= 15 is 0 Å². The van der Waals surface area contributed by atoms with Crippen molar-refractivity contribution < 1.29 is 32.3 Å². The van der Waals surface area contributed by atoms with Crippen LogP contribution in [-0.4, -0.2) is 39.3 Å². The molecule has 1 aliphatic heterocycles. The standard InChI is InChI=1S/C25H21ClN2O7S/c1-14-3-5-17(9-15(14)2)28-36(32,33)18-6-7-20(26)19(11-18)25(31)35-12-22(29)16-4-8-23-21(10-16)27-24(30)13-34-23/h3-11,28H,12-13H2,1-2H3,(H,27,30). The van der Waals surface area contributed by atoms with Crippen molar-refractivity contribution in [3.8, 4) is 5.75 Å². The van der Waals surface area contributed by atoms with Crippen LogP contribution < -0.4 is 14.8 Å². The fourth-order valence-electron chi connectivity index (χ4n) is 3.40. The molecular weight excluding hydrogens is 508 g/mol. The van der Waals surface area contributed by atoms with Crippen LogP contribution in [0.2, 0.25) is 5.02 Å². The summed E-state index contributed by atoms with van der Waals surface area (Å²) in [6.45, 7) is 3.03. The van der Waals surface area contributed by atoms with E-state index < -0.39 is 28.4 Å². The van der Waals surface area contributed by atoms with E-state index in [0.29, 0.717) is 17.1 Å². The van der Waals surface area contributed by atoms with Gasteiger partial charge in [-0.15, -0.1) is 0 Å². The van der Waals surface area contributed by atoms with Gasteiger partial charge in [0, 0.05) is 11.3 Å². The Kier molecular flexibility index (Phi) is 7.00. The average molecular weight is 529 g/mol. The van der Waals surface area contributed by atoms with Crippen molar-refractivity contribution in [3.05, 3.63) is 81.9 Å². The molecule has 0 fully saturated rings. The Morgan fingerprint density at radius 2 is 1.83 bits per heavy atom. The number of ether oxygens (including phenoxy) is 2. The Bertz CT molecular complexity index is 1500. The van der Waals surface area contributed by atoms with Crippen molar-refractivity contribution in [2.75, 3.05) is 23.3 Å². The number of ketones is 1. The highest BCUT2D eigenvalue weighted by molar-refractivity contribution is 7.92. The van der Waals surface area contributed by atoms with E-state index in [4.69, 9.17) is 21.1 Å². The maximum Gasteiger partial charge on any atom is 0.340 e. The van der Waals surface area contributed by atoms with Crippen LogP contribution in [0.1, 0.15) is 31.8 Å². The van der Waals surface area contributed by atoms with Crippen molar-refractivity contribution in [1.29, 1.82) is 0 Å². The lowest BCUT2D eigenvalue weighted by atomic mass is 10.1. The van der Waals surface area contributed by atoms with Gasteiger partial charge in [0.15, 0.2) is 19.0 Å². The Labute approximate surface area is 212 Å². The number of benzene rings is 3. The number of sulfonamides is 1. The van der Waals surface area contributed by atoms with Gasteiger partial charge in [-0.25, -0.2) is 13.2 Å². The maximum atomic E-state index is 12.9. The summed E-state index contributed by atoms with van der Waals surface area (Å²) in [6.07, 6.45) is 0. The Hall–Kier alpha value is -3.89. The highest BCUT2D eigenvalue weighted by Gasteiger charge is 2.22. The summed E-state index contributed by atoms with van der Waals surface area (Å²) in [5.41, 5.74) is 2.60. The maximum absolute atomic E-state index is 12.9. The third-order valence-corrected chi connectivity index (χ3v) is 7.20. The molecule has 11 heteroatoms. The first-order valence-electron chi connectivity index (χ1n) is 10.7. The van der Waals surface area contributed by atoms with Crippen LogP contribution in [-0.2, 0) is 19.6 Å². The predicted molar refractivity (Wildman–Crippen MR) is 133 cm³/mol. The molecule has 0 spiro atoms. The van der Waals surface area contributed by atoms with Crippen LogP contribution in [0.5, 0.6) is 5.75 Å². The number of fused-ring (bicyclic) bond motifs is 1. The van der Waals surface area contributed by atoms with Gasteiger partial charge in [0.25, 0.3) is 15.9 Å². The predicted octanol–water partition coefficient (Wildman–Crippen LogP) is 4.13. The number of aryl methyl sites for hydroxylation is 2. The van der Waals surface area contributed by atoms with Crippen molar-refractivity contribution in [1.82, 2.24) is 0 Å². The number of carbonyl (C=O) groups is 3. The summed E-state index contributed by atoms with van der Waals surface area (Å²) >= 11 is 6.11. The summed E-state index contributed by atoms with van der Waals surface area (Å²) in [5, 5.41) is 2.56. The smallest absolute Gasteiger partial charge is 0.340 e. The minimum atomic E-state index is -4.03. The summed E-state index contributed by atoms with van der Waals surface area (Å²) in [7, 11) is -4.03. The van der Waals surface area contributed by atoms with Gasteiger partial charge in [0.1, 0.15) is 5.75 Å². The van der Waals surface area contributed by atoms with Crippen molar-refractivity contribution in [2.24, 2.45) is 0 Å². The number of hydrogen-bond donors (Lipinski definition) is 2. The normalized spacial score (nSPS) is 12.7. The molecule has 0 atom stereocenters. The highest BCUT2D eigenvalue weighted by Crippen LogP contribution is 2.29. The van der Waals surface area contributed by atoms with E-state index in [1.165, 1.54) is 30.3 Å². The quantitative estimate of drug-likeness (QED) is 0.348. The van der Waals surface area contributed by atoms with Crippen molar-refractivity contribution >= 4 is 50.7 Å². The molecule has 0 saturated heterocycles. The van der Waals surface area contributed by atoms with Gasteiger partial charge in [-0.05, 0) is 73.5 Å². The molecule has 186 valence electrons. The number of amides is 1. The first kappa shape index (κ1) is 25.2. The van der Waals surface area contributed by atoms with Gasteiger partial charge in [-0.3, -0.25) is 14.3 Å². The van der Waals surface area contributed by atoms with E-state index in [9.17, 15) is 22.8 Å². The van der Waals surface area contributed by atoms with Crippen LogP contribution in [0.4, 0.5) is 11.4 Å². The first-order chi connectivity index (χ1) is 17.0. The first-order valence-corrected chi connectivity index (χ1v) is 12.6. The molecule has 1 heterocycles. The van der Waals surface area contributed by atoms with E-state index in [1.54, 1.807) is 18.2 Å². The average Bonchev–Trinajstić information content (AvgIpc) is 2.84. The molecular formula is C25H21ClN2O7S. The molecule has 0 aromatic heterocycles. The number of hydrogen-bond acceptors (Lipinski definition) is 7. The second-order valence-electron chi connectivity index (χ2n) is 8.09. The summed E-state index contributed by atoms with van der Waals surface area (Å²) in [4.78, 5) is 36.5. The fourth-order valence-corrected chi connectivity index (χ4v) is 4.67. The molecule has 4 rings (SSSR count). The zero-order valence-corrected chi connectivity index (χ0v) is 20.8. The molecule has 0 saturated carbocycles. The van der Waals surface area contributed by atoms with Crippen molar-refractivity contribution in [2.45, 2.75) is 18.7 Å². The molecule has 2 N–H and O–H groups in total. The monoisotopic (exact) mass is 528 g/mol. The highest BCUT2D eigenvalue weighted by atomic mass is 35.5. The molecule has 0 bridgehead atoms. The van der Waals surface area contributed by atoms with E-state index in [1.807, 2.05) is 13.8 Å². The van der Waals surface area contributed by atoms with E-state index in [-0.39, 0.29) is 33.6 Å². The molecule has 0 unspecified atom stereocenters. The van der Waals surface area contributed by atoms with Gasteiger partial charge >= 0.3 is 5.97 Å². The second kappa shape index (κ2) is 10.00. The van der Waals surface area contributed by atoms with Gasteiger partial charge in [0.2, 0.25) is 0 Å². The molecule has 0 aliphatic carbocycles. The van der Waals surface area contributed by atoms with Gasteiger partial charge in [0.05, 0.1) is 21.2 Å². The summed E-state index contributed by atoms with van der Waals surface area (Å²) in [6, 6.07) is 13.2. The molecule has 1 amide bonds. The van der Waals surface area contributed by atoms with Crippen LogP contribution in [0.15, 0.2) is 59.5 Å². The number of nitrogens with one attached hydrogen (secondary N) is 2. The van der Waals surface area contributed by atoms with Crippen LogP contribution in [0.3, 0.4) is 0 Å². The Morgan fingerprint density at radius 3 is 2.58 bits per heavy atom. The summed E-state index contributed by atoms with van der Waals surface area (Å²) in [5.74, 6) is -1.44. The third-order valence-electron chi connectivity index (χ3n) is 5.50. The minimum Gasteiger partial charge on any atom is -0.482 e. The zero-order chi connectivity index (χ0) is 26.0. The lowest BCUT2D eigenvalue weighted by Crippen LogP contribution is -2.25. The number of rotatable bonds is 7. The van der Waals surface area contributed by atoms with Gasteiger partial charge in [-0.1, -0.05) is 17.7 Å². The zero-order valence-electron chi connectivity index (χ0n) is 19.3. The molecule has 9 nitrogen and oxygen atoms in total. The molecule has 1 aliphatic rings. The van der Waals surface area contributed by atoms with Gasteiger partial charge < -0.3 is 14.8 Å². The largest absolute Gasteiger partial charge is 0.482 e. The van der Waals surface area contributed by atoms with Crippen molar-refractivity contribution in [3.63, 3.8) is 0 Å². The second-order valence-corrected chi connectivity index (χ2v) is 10.2. The summed E-state index contributed by atoms with van der Waals surface area (Å²) < 4.78 is 38.6. The van der Waals surface area contributed by atoms with Crippen LogP contribution in [0, 0.1) is 13.8 Å². The van der Waals surface area contributed by atoms with Crippen LogP contribution >= 0.6 is 11.6 Å². The van der Waals surface area contributed by atoms with E-state index in [2.05, 4.69) is 10.0 Å². The number of halogens is 1. The minimum absolute atomic E-state index is 0.0359. The molecule has 3 aromatic rings. The lowest BCUT2D eigenvalue weighted by molar-refractivity contribution is -0.118. The number of carbonyl (C=O) groups excluding carboxylic acids is 3. The Morgan fingerprint density at radius 1 is 1.06 bits per heavy atom. The third kappa shape index (κ3) is 5.50. The molecule has 36 heavy (non-hydrogen) atoms. The van der Waals surface area contributed by atoms with E-state index in [0.717, 1.165) is 17.2 Å². The number of Topliss-reactive ketones (excluding diaryl/α,β-unsaturated/α-hetero) is 1. The number of esters is 1.